The van der Waals surface area contributed by atoms with Crippen LogP contribution >= 0.6 is 0 Å². The highest BCUT2D eigenvalue weighted by atomic mass is 16.2. The molecule has 0 radical (unpaired) electrons. The number of hydrogen-bond donors (Lipinski definition) is 3. The third kappa shape index (κ3) is 2.72. The number of hydrogen-bond acceptors (Lipinski definition) is 3. The number of amides is 1. The average molecular weight is 280 g/mol. The second-order valence-electron chi connectivity index (χ2n) is 4.98. The Bertz CT molecular complexity index is 761. The van der Waals surface area contributed by atoms with E-state index in [-0.39, 0.29) is 11.8 Å². The summed E-state index contributed by atoms with van der Waals surface area (Å²) in [5.41, 5.74) is 8.99. The molecular formula is C16H16N4O. The van der Waals surface area contributed by atoms with Gasteiger partial charge in [0.2, 0.25) is 11.9 Å². The quantitative estimate of drug-likeness (QED) is 0.645. The lowest BCUT2D eigenvalue weighted by molar-refractivity contribution is -0.117. The van der Waals surface area contributed by atoms with Crippen LogP contribution in [0.25, 0.3) is 11.0 Å². The van der Waals surface area contributed by atoms with E-state index in [1.165, 1.54) is 0 Å². The van der Waals surface area contributed by atoms with Crippen LogP contribution in [0.3, 0.4) is 0 Å². The Hall–Kier alpha value is -2.82. The number of nitrogens with one attached hydrogen (secondary N) is 2. The molecule has 0 spiro atoms. The molecule has 1 aromatic heterocycles. The Morgan fingerprint density at radius 1 is 1.24 bits per heavy atom. The first-order valence-corrected chi connectivity index (χ1v) is 6.74. The van der Waals surface area contributed by atoms with Gasteiger partial charge in [0.05, 0.1) is 17.0 Å². The van der Waals surface area contributed by atoms with Crippen molar-refractivity contribution in [2.45, 2.75) is 12.8 Å². The van der Waals surface area contributed by atoms with Crippen molar-refractivity contribution in [2.24, 2.45) is 0 Å². The molecule has 1 atom stereocenters. The molecule has 106 valence electrons. The van der Waals surface area contributed by atoms with Gasteiger partial charge in [-0.15, -0.1) is 0 Å². The summed E-state index contributed by atoms with van der Waals surface area (Å²) in [7, 11) is 0. The maximum absolute atomic E-state index is 12.3. The number of para-hydroxylation sites is 2. The molecule has 0 saturated heterocycles. The lowest BCUT2D eigenvalue weighted by Gasteiger charge is -2.11. The number of aromatic amines is 1. The van der Waals surface area contributed by atoms with E-state index in [1.807, 2.05) is 49.4 Å². The summed E-state index contributed by atoms with van der Waals surface area (Å²) in [6.45, 7) is 1.84. The molecule has 4 N–H and O–H groups in total. The van der Waals surface area contributed by atoms with E-state index < -0.39 is 0 Å². The SMILES string of the molecule is CC(C(=O)Nc1nc2ccccc2[nH]1)c1cccc(N)c1. The van der Waals surface area contributed by atoms with E-state index in [2.05, 4.69) is 15.3 Å². The highest BCUT2D eigenvalue weighted by Crippen LogP contribution is 2.20. The first-order valence-electron chi connectivity index (χ1n) is 6.74. The van der Waals surface area contributed by atoms with Gasteiger partial charge in [-0.3, -0.25) is 10.1 Å². The molecule has 1 amide bonds. The minimum atomic E-state index is -0.304. The molecule has 0 aliphatic carbocycles. The van der Waals surface area contributed by atoms with Crippen LogP contribution in [0.1, 0.15) is 18.4 Å². The Balaban J connectivity index is 1.79. The van der Waals surface area contributed by atoms with E-state index in [4.69, 9.17) is 5.73 Å². The molecule has 0 saturated carbocycles. The molecule has 1 heterocycles. The van der Waals surface area contributed by atoms with Crippen LogP contribution in [-0.4, -0.2) is 15.9 Å². The van der Waals surface area contributed by atoms with E-state index >= 15 is 0 Å². The van der Waals surface area contributed by atoms with Gasteiger partial charge in [-0.2, -0.15) is 0 Å². The van der Waals surface area contributed by atoms with Gasteiger partial charge in [-0.05, 0) is 36.8 Å². The van der Waals surface area contributed by atoms with Gasteiger partial charge >= 0.3 is 0 Å². The zero-order valence-corrected chi connectivity index (χ0v) is 11.6. The zero-order valence-electron chi connectivity index (χ0n) is 11.6. The van der Waals surface area contributed by atoms with Crippen LogP contribution < -0.4 is 11.1 Å². The van der Waals surface area contributed by atoms with Crippen molar-refractivity contribution < 1.29 is 4.79 Å². The smallest absolute Gasteiger partial charge is 0.233 e. The van der Waals surface area contributed by atoms with Crippen LogP contribution in [0.15, 0.2) is 48.5 Å². The molecule has 0 aliphatic heterocycles. The molecule has 5 nitrogen and oxygen atoms in total. The molecule has 21 heavy (non-hydrogen) atoms. The Morgan fingerprint density at radius 2 is 2.05 bits per heavy atom. The van der Waals surface area contributed by atoms with Crippen molar-refractivity contribution in [3.63, 3.8) is 0 Å². The van der Waals surface area contributed by atoms with E-state index in [0.29, 0.717) is 11.6 Å². The number of imidazole rings is 1. The number of carbonyl (C=O) groups excluding carboxylic acids is 1. The fourth-order valence-electron chi connectivity index (χ4n) is 2.22. The average Bonchev–Trinajstić information content (AvgIpc) is 2.88. The molecule has 0 fully saturated rings. The minimum absolute atomic E-state index is 0.125. The molecule has 3 aromatic rings. The molecule has 5 heteroatoms. The number of nitrogen functional groups attached to an aromatic ring is 1. The van der Waals surface area contributed by atoms with Crippen LogP contribution in [0.2, 0.25) is 0 Å². The predicted octanol–water partition coefficient (Wildman–Crippen LogP) is 2.89. The van der Waals surface area contributed by atoms with Gasteiger partial charge < -0.3 is 10.7 Å². The highest BCUT2D eigenvalue weighted by molar-refractivity contribution is 5.95. The molecular weight excluding hydrogens is 264 g/mol. The number of benzene rings is 2. The number of H-pyrrole nitrogens is 1. The standard InChI is InChI=1S/C16H16N4O/c1-10(11-5-4-6-12(17)9-11)15(21)20-16-18-13-7-2-3-8-14(13)19-16/h2-10H,17H2,1H3,(H2,18,19,20,21). The summed E-state index contributed by atoms with van der Waals surface area (Å²) in [5, 5.41) is 2.80. The first kappa shape index (κ1) is 13.2. The fourth-order valence-corrected chi connectivity index (χ4v) is 2.22. The third-order valence-electron chi connectivity index (χ3n) is 3.43. The van der Waals surface area contributed by atoms with Crippen molar-refractivity contribution in [3.8, 4) is 0 Å². The second-order valence-corrected chi connectivity index (χ2v) is 4.98. The summed E-state index contributed by atoms with van der Waals surface area (Å²) in [6.07, 6.45) is 0. The predicted molar refractivity (Wildman–Crippen MR) is 84.0 cm³/mol. The number of aromatic nitrogens is 2. The van der Waals surface area contributed by atoms with Gasteiger partial charge in [0.25, 0.3) is 0 Å². The van der Waals surface area contributed by atoms with Crippen LogP contribution in [-0.2, 0) is 4.79 Å². The number of carbonyl (C=O) groups is 1. The largest absolute Gasteiger partial charge is 0.399 e. The van der Waals surface area contributed by atoms with Gasteiger partial charge in [-0.25, -0.2) is 4.98 Å². The van der Waals surface area contributed by atoms with Crippen molar-refractivity contribution >= 4 is 28.6 Å². The summed E-state index contributed by atoms with van der Waals surface area (Å²) >= 11 is 0. The number of anilines is 2. The van der Waals surface area contributed by atoms with Crippen molar-refractivity contribution in [1.29, 1.82) is 0 Å². The van der Waals surface area contributed by atoms with Crippen molar-refractivity contribution in [3.05, 3.63) is 54.1 Å². The van der Waals surface area contributed by atoms with Crippen LogP contribution in [0.4, 0.5) is 11.6 Å². The summed E-state index contributed by atoms with van der Waals surface area (Å²) in [5.74, 6) is 0.0262. The maximum Gasteiger partial charge on any atom is 0.233 e. The number of nitrogens with two attached hydrogens (primary N) is 1. The molecule has 2 aromatic carbocycles. The Labute approximate surface area is 122 Å². The van der Waals surface area contributed by atoms with Crippen LogP contribution in [0, 0.1) is 0 Å². The lowest BCUT2D eigenvalue weighted by Crippen LogP contribution is -2.19. The molecule has 3 rings (SSSR count). The topological polar surface area (TPSA) is 83.8 Å². The summed E-state index contributed by atoms with van der Waals surface area (Å²) in [6, 6.07) is 15.0. The van der Waals surface area contributed by atoms with E-state index in [1.54, 1.807) is 6.07 Å². The third-order valence-corrected chi connectivity index (χ3v) is 3.43. The number of fused-ring (bicyclic) bond motifs is 1. The highest BCUT2D eigenvalue weighted by Gasteiger charge is 2.16. The van der Waals surface area contributed by atoms with Gasteiger partial charge in [0.15, 0.2) is 0 Å². The van der Waals surface area contributed by atoms with Gasteiger partial charge in [0.1, 0.15) is 0 Å². The first-order chi connectivity index (χ1) is 10.1. The van der Waals surface area contributed by atoms with Crippen molar-refractivity contribution in [2.75, 3.05) is 11.1 Å². The van der Waals surface area contributed by atoms with E-state index in [9.17, 15) is 4.79 Å². The van der Waals surface area contributed by atoms with E-state index in [0.717, 1.165) is 16.6 Å². The second kappa shape index (κ2) is 5.28. The van der Waals surface area contributed by atoms with Gasteiger partial charge in [-0.1, -0.05) is 24.3 Å². The molecule has 0 aliphatic rings. The Kier molecular flexibility index (Phi) is 3.31. The van der Waals surface area contributed by atoms with Gasteiger partial charge in [0, 0.05) is 5.69 Å². The zero-order chi connectivity index (χ0) is 14.8. The number of nitrogens with zero attached hydrogens (tertiary/aromatic N) is 1. The monoisotopic (exact) mass is 280 g/mol. The fraction of sp³-hybridized carbons (Fsp3) is 0.125. The summed E-state index contributed by atoms with van der Waals surface area (Å²) in [4.78, 5) is 19.7. The number of rotatable bonds is 3. The molecule has 0 bridgehead atoms. The normalized spacial score (nSPS) is 12.2. The lowest BCUT2D eigenvalue weighted by atomic mass is 10.00. The Morgan fingerprint density at radius 3 is 2.81 bits per heavy atom. The minimum Gasteiger partial charge on any atom is -0.399 e. The molecule has 1 unspecified atom stereocenters. The maximum atomic E-state index is 12.3. The van der Waals surface area contributed by atoms with Crippen molar-refractivity contribution in [1.82, 2.24) is 9.97 Å². The summed E-state index contributed by atoms with van der Waals surface area (Å²) < 4.78 is 0. The van der Waals surface area contributed by atoms with Crippen LogP contribution in [0.5, 0.6) is 0 Å².